The van der Waals surface area contributed by atoms with E-state index in [4.69, 9.17) is 9.47 Å². The van der Waals surface area contributed by atoms with Crippen molar-refractivity contribution in [3.05, 3.63) is 24.3 Å². The first-order chi connectivity index (χ1) is 8.89. The lowest BCUT2D eigenvalue weighted by Crippen LogP contribution is -2.38. The first-order valence-corrected chi connectivity index (χ1v) is 6.52. The molecule has 19 heavy (non-hydrogen) atoms. The number of nitrogens with one attached hydrogen (secondary N) is 1. The Morgan fingerprint density at radius 3 is 2.37 bits per heavy atom. The molecule has 1 amide bonds. The molecular weight excluding hydrogens is 242 g/mol. The lowest BCUT2D eigenvalue weighted by Gasteiger charge is -2.21. The molecule has 1 aromatic rings. The van der Waals surface area contributed by atoms with Crippen LogP contribution in [0.1, 0.15) is 34.1 Å². The van der Waals surface area contributed by atoms with Gasteiger partial charge in [0.05, 0.1) is 6.10 Å². The summed E-state index contributed by atoms with van der Waals surface area (Å²) >= 11 is 0. The molecule has 0 saturated heterocycles. The Kier molecular flexibility index (Phi) is 5.36. The molecule has 4 heteroatoms. The van der Waals surface area contributed by atoms with E-state index in [9.17, 15) is 4.79 Å². The predicted octanol–water partition coefficient (Wildman–Crippen LogP) is 3.23. The first kappa shape index (κ1) is 15.5. The number of benzene rings is 1. The van der Waals surface area contributed by atoms with Gasteiger partial charge in [-0.1, -0.05) is 6.92 Å². The van der Waals surface area contributed by atoms with Crippen molar-refractivity contribution in [3.8, 4) is 5.75 Å². The zero-order valence-corrected chi connectivity index (χ0v) is 12.3. The predicted molar refractivity (Wildman–Crippen MR) is 76.5 cm³/mol. The zero-order chi connectivity index (χ0) is 14.5. The third kappa shape index (κ3) is 4.56. The van der Waals surface area contributed by atoms with Crippen LogP contribution >= 0.6 is 0 Å². The standard InChI is InChI=1S/C15H23NO3/c1-6-11(2)19-13-9-7-12(8-10-13)16-14(17)15(3,4)18-5/h7-11H,6H2,1-5H3,(H,16,17)/t11-/m0/s1. The summed E-state index contributed by atoms with van der Waals surface area (Å²) in [5, 5.41) is 2.81. The van der Waals surface area contributed by atoms with Gasteiger partial charge in [-0.05, 0) is 51.5 Å². The van der Waals surface area contributed by atoms with Gasteiger partial charge in [-0.25, -0.2) is 0 Å². The van der Waals surface area contributed by atoms with Crippen LogP contribution in [0.4, 0.5) is 5.69 Å². The number of amides is 1. The van der Waals surface area contributed by atoms with Crippen LogP contribution in [0, 0.1) is 0 Å². The number of carbonyl (C=O) groups is 1. The van der Waals surface area contributed by atoms with Crippen LogP contribution in [0.2, 0.25) is 0 Å². The number of carbonyl (C=O) groups excluding carboxylic acids is 1. The highest BCUT2D eigenvalue weighted by molar-refractivity contribution is 5.96. The Morgan fingerprint density at radius 1 is 1.32 bits per heavy atom. The van der Waals surface area contributed by atoms with Gasteiger partial charge >= 0.3 is 0 Å². The highest BCUT2D eigenvalue weighted by Gasteiger charge is 2.26. The van der Waals surface area contributed by atoms with Crippen molar-refractivity contribution in [2.45, 2.75) is 45.8 Å². The number of rotatable bonds is 6. The van der Waals surface area contributed by atoms with E-state index in [-0.39, 0.29) is 12.0 Å². The molecule has 0 bridgehead atoms. The Balaban J connectivity index is 2.65. The molecule has 0 spiro atoms. The third-order valence-corrected chi connectivity index (χ3v) is 3.08. The van der Waals surface area contributed by atoms with Crippen molar-refractivity contribution < 1.29 is 14.3 Å². The minimum absolute atomic E-state index is 0.175. The first-order valence-electron chi connectivity index (χ1n) is 6.52. The number of hydrogen-bond donors (Lipinski definition) is 1. The normalized spacial score (nSPS) is 12.9. The summed E-state index contributed by atoms with van der Waals surface area (Å²) in [4.78, 5) is 11.9. The summed E-state index contributed by atoms with van der Waals surface area (Å²) < 4.78 is 10.8. The van der Waals surface area contributed by atoms with Gasteiger partial charge in [0.1, 0.15) is 11.4 Å². The summed E-state index contributed by atoms with van der Waals surface area (Å²) in [5.41, 5.74) is -0.113. The van der Waals surface area contributed by atoms with Crippen LogP contribution < -0.4 is 10.1 Å². The molecule has 0 saturated carbocycles. The second-order valence-corrected chi connectivity index (χ2v) is 5.03. The van der Waals surface area contributed by atoms with Crippen LogP contribution in [0.3, 0.4) is 0 Å². The van der Waals surface area contributed by atoms with E-state index in [2.05, 4.69) is 12.2 Å². The van der Waals surface area contributed by atoms with Crippen molar-refractivity contribution in [3.63, 3.8) is 0 Å². The summed E-state index contributed by atoms with van der Waals surface area (Å²) in [6, 6.07) is 7.34. The molecule has 1 rings (SSSR count). The molecule has 106 valence electrons. The van der Waals surface area contributed by atoms with Crippen LogP contribution in [0.5, 0.6) is 5.75 Å². The summed E-state index contributed by atoms with van der Waals surface area (Å²) in [6.45, 7) is 7.55. The molecule has 0 unspecified atom stereocenters. The second kappa shape index (κ2) is 6.57. The third-order valence-electron chi connectivity index (χ3n) is 3.08. The van der Waals surface area contributed by atoms with Crippen LogP contribution in [0.25, 0.3) is 0 Å². The molecule has 0 aliphatic heterocycles. The van der Waals surface area contributed by atoms with Crippen molar-refractivity contribution in [2.24, 2.45) is 0 Å². The monoisotopic (exact) mass is 265 g/mol. The summed E-state index contributed by atoms with van der Waals surface area (Å²) in [6.07, 6.45) is 1.15. The van der Waals surface area contributed by atoms with Gasteiger partial charge in [0.2, 0.25) is 0 Å². The molecule has 1 aromatic carbocycles. The van der Waals surface area contributed by atoms with E-state index >= 15 is 0 Å². The van der Waals surface area contributed by atoms with E-state index in [1.165, 1.54) is 7.11 Å². The van der Waals surface area contributed by atoms with E-state index in [1.54, 1.807) is 13.8 Å². The van der Waals surface area contributed by atoms with E-state index in [1.807, 2.05) is 31.2 Å². The van der Waals surface area contributed by atoms with Crippen LogP contribution in [-0.2, 0) is 9.53 Å². The molecule has 1 atom stereocenters. The molecule has 0 heterocycles. The maximum absolute atomic E-state index is 11.9. The van der Waals surface area contributed by atoms with Gasteiger partial charge in [-0.2, -0.15) is 0 Å². The maximum atomic E-state index is 11.9. The fourth-order valence-electron chi connectivity index (χ4n) is 1.31. The van der Waals surface area contributed by atoms with Gasteiger partial charge in [0.25, 0.3) is 5.91 Å². The van der Waals surface area contributed by atoms with E-state index in [0.29, 0.717) is 0 Å². The van der Waals surface area contributed by atoms with Crippen molar-refractivity contribution >= 4 is 11.6 Å². The Morgan fingerprint density at radius 2 is 1.89 bits per heavy atom. The average Bonchev–Trinajstić information content (AvgIpc) is 2.40. The zero-order valence-electron chi connectivity index (χ0n) is 12.3. The van der Waals surface area contributed by atoms with Gasteiger partial charge in [0.15, 0.2) is 0 Å². The van der Waals surface area contributed by atoms with Crippen LogP contribution in [0.15, 0.2) is 24.3 Å². The lowest BCUT2D eigenvalue weighted by atomic mass is 10.1. The molecule has 0 aliphatic rings. The van der Waals surface area contributed by atoms with E-state index < -0.39 is 5.60 Å². The number of methoxy groups -OCH3 is 1. The molecule has 0 fully saturated rings. The van der Waals surface area contributed by atoms with E-state index in [0.717, 1.165) is 17.9 Å². The highest BCUT2D eigenvalue weighted by Crippen LogP contribution is 2.19. The Bertz CT molecular complexity index is 412. The smallest absolute Gasteiger partial charge is 0.256 e. The number of ether oxygens (including phenoxy) is 2. The second-order valence-electron chi connectivity index (χ2n) is 5.03. The van der Waals surface area contributed by atoms with Gasteiger partial charge < -0.3 is 14.8 Å². The summed E-state index contributed by atoms with van der Waals surface area (Å²) in [5.74, 6) is 0.629. The average molecular weight is 265 g/mol. The topological polar surface area (TPSA) is 47.6 Å². The maximum Gasteiger partial charge on any atom is 0.256 e. The van der Waals surface area contributed by atoms with Crippen molar-refractivity contribution in [1.29, 1.82) is 0 Å². The van der Waals surface area contributed by atoms with Crippen molar-refractivity contribution in [2.75, 3.05) is 12.4 Å². The molecule has 0 radical (unpaired) electrons. The minimum atomic E-state index is -0.841. The lowest BCUT2D eigenvalue weighted by molar-refractivity contribution is -0.133. The Hall–Kier alpha value is -1.55. The van der Waals surface area contributed by atoms with Crippen LogP contribution in [-0.4, -0.2) is 24.7 Å². The number of hydrogen-bond acceptors (Lipinski definition) is 3. The van der Waals surface area contributed by atoms with Gasteiger partial charge in [0, 0.05) is 12.8 Å². The fourth-order valence-corrected chi connectivity index (χ4v) is 1.31. The molecule has 0 aliphatic carbocycles. The molecule has 1 N–H and O–H groups in total. The van der Waals surface area contributed by atoms with Gasteiger partial charge in [-0.15, -0.1) is 0 Å². The quantitative estimate of drug-likeness (QED) is 0.859. The fraction of sp³-hybridized carbons (Fsp3) is 0.533. The number of anilines is 1. The largest absolute Gasteiger partial charge is 0.491 e. The molecule has 4 nitrogen and oxygen atoms in total. The van der Waals surface area contributed by atoms with Crippen molar-refractivity contribution in [1.82, 2.24) is 0 Å². The summed E-state index contributed by atoms with van der Waals surface area (Å²) in [7, 11) is 1.52. The van der Waals surface area contributed by atoms with Gasteiger partial charge in [-0.3, -0.25) is 4.79 Å². The Labute approximate surface area is 115 Å². The highest BCUT2D eigenvalue weighted by atomic mass is 16.5. The molecule has 0 aromatic heterocycles. The SMILES string of the molecule is CC[C@H](C)Oc1ccc(NC(=O)C(C)(C)OC)cc1. The minimum Gasteiger partial charge on any atom is -0.491 e. The molecular formula is C15H23NO3.